The van der Waals surface area contributed by atoms with Gasteiger partial charge in [-0.05, 0) is 36.8 Å². The van der Waals surface area contributed by atoms with E-state index in [0.29, 0.717) is 29.0 Å². The number of pyridine rings is 1. The second-order valence-corrected chi connectivity index (χ2v) is 7.49. The highest BCUT2D eigenvalue weighted by Crippen LogP contribution is 2.31. The van der Waals surface area contributed by atoms with Crippen molar-refractivity contribution in [3.05, 3.63) is 65.6 Å². The highest BCUT2D eigenvalue weighted by Gasteiger charge is 2.14. The van der Waals surface area contributed by atoms with Gasteiger partial charge in [-0.2, -0.15) is 0 Å². The molecule has 0 fully saturated rings. The molecule has 3 aromatic heterocycles. The predicted octanol–water partition coefficient (Wildman–Crippen LogP) is 3.67. The molecule has 160 valence electrons. The number of hydrogen-bond acceptors (Lipinski definition) is 7. The van der Waals surface area contributed by atoms with E-state index < -0.39 is 0 Å². The largest absolute Gasteiger partial charge is 0.495 e. The molecule has 0 aliphatic rings. The number of aliphatic hydroxyl groups is 1. The van der Waals surface area contributed by atoms with Crippen LogP contribution in [0.25, 0.3) is 17.0 Å². The molecular formula is C22H23ClN6O2. The minimum Gasteiger partial charge on any atom is -0.495 e. The van der Waals surface area contributed by atoms with Gasteiger partial charge in [-0.15, -0.1) is 0 Å². The molecule has 3 N–H and O–H groups in total. The highest BCUT2D eigenvalue weighted by molar-refractivity contribution is 6.32. The van der Waals surface area contributed by atoms with Crippen LogP contribution in [-0.2, 0) is 6.54 Å². The van der Waals surface area contributed by atoms with E-state index in [2.05, 4.69) is 25.6 Å². The number of methoxy groups -OCH3 is 1. The number of nitrogens with one attached hydrogen (secondary N) is 2. The number of aliphatic hydroxyl groups excluding tert-OH is 1. The topological polar surface area (TPSA) is 96.6 Å². The summed E-state index contributed by atoms with van der Waals surface area (Å²) in [5, 5.41) is 16.0. The maximum absolute atomic E-state index is 9.16. The lowest BCUT2D eigenvalue weighted by molar-refractivity contribution is 0.251. The number of rotatable bonds is 8. The summed E-state index contributed by atoms with van der Waals surface area (Å²) in [6.45, 7) is 2.63. The van der Waals surface area contributed by atoms with Gasteiger partial charge in [-0.3, -0.25) is 4.40 Å². The fraction of sp³-hybridized carbons (Fsp3) is 0.227. The van der Waals surface area contributed by atoms with Gasteiger partial charge < -0.3 is 20.5 Å². The number of benzene rings is 1. The Morgan fingerprint density at radius 2 is 2.06 bits per heavy atom. The van der Waals surface area contributed by atoms with Gasteiger partial charge in [0.05, 0.1) is 42.5 Å². The molecule has 1 aromatic carbocycles. The number of aromatic nitrogens is 4. The third kappa shape index (κ3) is 4.61. The molecule has 0 saturated heterocycles. The van der Waals surface area contributed by atoms with Crippen LogP contribution in [0.5, 0.6) is 5.75 Å². The molecule has 4 rings (SSSR count). The van der Waals surface area contributed by atoms with E-state index in [-0.39, 0.29) is 12.6 Å². The molecule has 0 unspecified atom stereocenters. The average Bonchev–Trinajstić information content (AvgIpc) is 3.23. The van der Waals surface area contributed by atoms with Crippen molar-refractivity contribution in [2.24, 2.45) is 0 Å². The van der Waals surface area contributed by atoms with Gasteiger partial charge in [0.25, 0.3) is 0 Å². The third-order valence-corrected chi connectivity index (χ3v) is 5.12. The summed E-state index contributed by atoms with van der Waals surface area (Å²) in [5.41, 5.74) is 3.93. The number of anilines is 2. The molecular weight excluding hydrogens is 416 g/mol. The van der Waals surface area contributed by atoms with Crippen LogP contribution in [-0.4, -0.2) is 44.2 Å². The number of nitrogens with zero attached hydrogens (tertiary/aromatic N) is 4. The van der Waals surface area contributed by atoms with Crippen molar-refractivity contribution in [3.8, 4) is 17.1 Å². The number of fused-ring (bicyclic) bond motifs is 1. The van der Waals surface area contributed by atoms with Crippen molar-refractivity contribution in [2.75, 3.05) is 19.0 Å². The summed E-state index contributed by atoms with van der Waals surface area (Å²) in [6, 6.07) is 11.6. The molecule has 0 aliphatic carbocycles. The molecule has 3 heterocycles. The number of hydrogen-bond donors (Lipinski definition) is 3. The van der Waals surface area contributed by atoms with Gasteiger partial charge in [0, 0.05) is 18.8 Å². The number of ether oxygens (including phenoxy) is 1. The Labute approximate surface area is 184 Å². The fourth-order valence-electron chi connectivity index (χ4n) is 3.14. The zero-order valence-electron chi connectivity index (χ0n) is 17.2. The molecule has 0 aliphatic heterocycles. The first kappa shape index (κ1) is 21.0. The first-order chi connectivity index (χ1) is 15.1. The molecule has 0 saturated carbocycles. The second-order valence-electron chi connectivity index (χ2n) is 7.09. The van der Waals surface area contributed by atoms with E-state index in [1.54, 1.807) is 19.5 Å². The van der Waals surface area contributed by atoms with Gasteiger partial charge in [0.15, 0.2) is 0 Å². The molecule has 1 atom stereocenters. The van der Waals surface area contributed by atoms with Crippen molar-refractivity contribution in [3.63, 3.8) is 0 Å². The molecule has 9 heteroatoms. The maximum atomic E-state index is 9.16. The van der Waals surface area contributed by atoms with Crippen molar-refractivity contribution in [1.82, 2.24) is 24.7 Å². The molecule has 0 radical (unpaired) electrons. The monoisotopic (exact) mass is 438 g/mol. The highest BCUT2D eigenvalue weighted by atomic mass is 35.5. The van der Waals surface area contributed by atoms with Gasteiger partial charge in [-0.1, -0.05) is 23.7 Å². The van der Waals surface area contributed by atoms with Crippen molar-refractivity contribution in [1.29, 1.82) is 0 Å². The molecule has 4 aromatic rings. The Hall–Kier alpha value is -3.20. The van der Waals surface area contributed by atoms with Gasteiger partial charge in [-0.25, -0.2) is 15.0 Å². The molecule has 8 nitrogen and oxygen atoms in total. The summed E-state index contributed by atoms with van der Waals surface area (Å²) in [7, 11) is 1.61. The normalized spacial score (nSPS) is 12.1. The van der Waals surface area contributed by atoms with Crippen LogP contribution < -0.4 is 15.4 Å². The molecule has 0 bridgehead atoms. The fourth-order valence-corrected chi connectivity index (χ4v) is 3.33. The average molecular weight is 439 g/mol. The molecule has 0 amide bonds. The lowest BCUT2D eigenvalue weighted by Crippen LogP contribution is -2.28. The van der Waals surface area contributed by atoms with Crippen LogP contribution in [0.1, 0.15) is 12.5 Å². The van der Waals surface area contributed by atoms with Crippen molar-refractivity contribution < 1.29 is 9.84 Å². The quantitative estimate of drug-likeness (QED) is 0.386. The van der Waals surface area contributed by atoms with E-state index in [1.807, 2.05) is 53.9 Å². The van der Waals surface area contributed by atoms with Crippen LogP contribution >= 0.6 is 11.6 Å². The minimum atomic E-state index is 0.0179. The Morgan fingerprint density at radius 1 is 1.19 bits per heavy atom. The predicted molar refractivity (Wildman–Crippen MR) is 121 cm³/mol. The summed E-state index contributed by atoms with van der Waals surface area (Å²) >= 11 is 6.40. The number of halogens is 1. The van der Waals surface area contributed by atoms with E-state index in [1.165, 1.54) is 0 Å². The van der Waals surface area contributed by atoms with Crippen LogP contribution in [0, 0.1) is 0 Å². The zero-order chi connectivity index (χ0) is 21.8. The summed E-state index contributed by atoms with van der Waals surface area (Å²) in [4.78, 5) is 13.3. The maximum Gasteiger partial charge on any atom is 0.227 e. The zero-order valence-corrected chi connectivity index (χ0v) is 18.0. The Morgan fingerprint density at radius 3 is 2.87 bits per heavy atom. The standard InChI is InChI=1S/C22H23ClN6O2/c1-14(13-30)24-10-15-6-7-17(19(9-15)31-2)27-22-26-11-16(23)21(28-22)18-12-25-20-5-3-4-8-29(18)20/h3-9,11-12,14,24,30H,10,13H2,1-2H3,(H,26,27,28)/t14-/m0/s1. The van der Waals surface area contributed by atoms with Crippen molar-refractivity contribution >= 4 is 28.9 Å². The van der Waals surface area contributed by atoms with E-state index in [4.69, 9.17) is 21.4 Å². The van der Waals surface area contributed by atoms with Gasteiger partial charge in [0.2, 0.25) is 5.95 Å². The molecule has 31 heavy (non-hydrogen) atoms. The Bertz CT molecular complexity index is 1200. The van der Waals surface area contributed by atoms with E-state index in [0.717, 1.165) is 22.6 Å². The lowest BCUT2D eigenvalue weighted by atomic mass is 10.1. The third-order valence-electron chi connectivity index (χ3n) is 4.84. The summed E-state index contributed by atoms with van der Waals surface area (Å²) in [6.07, 6.45) is 5.22. The first-order valence-corrected chi connectivity index (χ1v) is 10.2. The summed E-state index contributed by atoms with van der Waals surface area (Å²) in [5.74, 6) is 1.05. The van der Waals surface area contributed by atoms with Crippen LogP contribution in [0.4, 0.5) is 11.6 Å². The minimum absolute atomic E-state index is 0.0179. The van der Waals surface area contributed by atoms with Crippen LogP contribution in [0.2, 0.25) is 5.02 Å². The molecule has 0 spiro atoms. The van der Waals surface area contributed by atoms with E-state index in [9.17, 15) is 0 Å². The Balaban J connectivity index is 1.60. The van der Waals surface area contributed by atoms with Gasteiger partial charge >= 0.3 is 0 Å². The van der Waals surface area contributed by atoms with Crippen LogP contribution in [0.3, 0.4) is 0 Å². The number of imidazole rings is 1. The van der Waals surface area contributed by atoms with Crippen molar-refractivity contribution in [2.45, 2.75) is 19.5 Å². The van der Waals surface area contributed by atoms with Crippen LogP contribution in [0.15, 0.2) is 55.0 Å². The lowest BCUT2D eigenvalue weighted by Gasteiger charge is -2.14. The Kier molecular flexibility index (Phi) is 6.31. The smallest absolute Gasteiger partial charge is 0.227 e. The summed E-state index contributed by atoms with van der Waals surface area (Å²) < 4.78 is 7.46. The van der Waals surface area contributed by atoms with Gasteiger partial charge in [0.1, 0.15) is 17.1 Å². The SMILES string of the molecule is COc1cc(CN[C@@H](C)CO)ccc1Nc1ncc(Cl)c(-c2cnc3ccccn23)n1. The van der Waals surface area contributed by atoms with E-state index >= 15 is 0 Å². The first-order valence-electron chi connectivity index (χ1n) is 9.82. The second kappa shape index (κ2) is 9.30.